The van der Waals surface area contributed by atoms with E-state index in [0.717, 1.165) is 21.0 Å². The third-order valence-corrected chi connectivity index (χ3v) is 8.35. The number of rotatable bonds is 10. The number of aryl methyl sites for hydroxylation is 1. The molecule has 0 aliphatic carbocycles. The van der Waals surface area contributed by atoms with E-state index in [1.165, 1.54) is 17.0 Å². The molecule has 1 unspecified atom stereocenters. The van der Waals surface area contributed by atoms with Crippen molar-refractivity contribution in [3.05, 3.63) is 94.5 Å². The molecule has 0 radical (unpaired) electrons. The zero-order chi connectivity index (χ0) is 28.0. The van der Waals surface area contributed by atoms with Crippen LogP contribution < -0.4 is 9.62 Å². The lowest BCUT2D eigenvalue weighted by molar-refractivity contribution is -0.139. The van der Waals surface area contributed by atoms with Crippen LogP contribution in [0.2, 0.25) is 5.02 Å². The van der Waals surface area contributed by atoms with Gasteiger partial charge in [0.1, 0.15) is 12.6 Å². The van der Waals surface area contributed by atoms with Crippen molar-refractivity contribution < 1.29 is 18.0 Å². The number of hydrogen-bond donors (Lipinski definition) is 1. The Morgan fingerprint density at radius 2 is 1.53 bits per heavy atom. The molecule has 0 spiro atoms. The highest BCUT2D eigenvalue weighted by atomic mass is 35.5. The van der Waals surface area contributed by atoms with Gasteiger partial charge in [0.2, 0.25) is 11.8 Å². The average molecular weight is 556 g/mol. The minimum atomic E-state index is -4.10. The van der Waals surface area contributed by atoms with Crippen LogP contribution in [0.25, 0.3) is 0 Å². The van der Waals surface area contributed by atoms with Gasteiger partial charge >= 0.3 is 0 Å². The molecule has 0 heterocycles. The van der Waals surface area contributed by atoms with E-state index in [2.05, 4.69) is 5.32 Å². The zero-order valence-electron chi connectivity index (χ0n) is 22.3. The van der Waals surface area contributed by atoms with Crippen molar-refractivity contribution in [1.29, 1.82) is 0 Å². The topological polar surface area (TPSA) is 86.8 Å². The van der Waals surface area contributed by atoms with E-state index in [9.17, 15) is 18.0 Å². The molecule has 1 atom stereocenters. The quantitative estimate of drug-likeness (QED) is 0.377. The molecule has 3 rings (SSSR count). The lowest BCUT2D eigenvalue weighted by Crippen LogP contribution is -2.52. The van der Waals surface area contributed by atoms with E-state index in [1.807, 2.05) is 33.8 Å². The van der Waals surface area contributed by atoms with Crippen LogP contribution in [0.4, 0.5) is 5.69 Å². The highest BCUT2D eigenvalue weighted by Crippen LogP contribution is 2.29. The number of hydrogen-bond acceptors (Lipinski definition) is 4. The van der Waals surface area contributed by atoms with E-state index in [4.69, 9.17) is 11.6 Å². The van der Waals surface area contributed by atoms with Crippen LogP contribution in [0.15, 0.2) is 77.7 Å². The van der Waals surface area contributed by atoms with E-state index in [1.54, 1.807) is 61.5 Å². The SMILES string of the molecule is Cc1cccc(N(CC(=O)N(Cc2ccc(Cl)cc2)C(C)C(=O)NC(C)C)S(=O)(=O)c2ccccc2)c1C. The fourth-order valence-corrected chi connectivity index (χ4v) is 5.63. The summed E-state index contributed by atoms with van der Waals surface area (Å²) >= 11 is 6.04. The van der Waals surface area contributed by atoms with Crippen molar-refractivity contribution in [2.75, 3.05) is 10.8 Å². The molecular formula is C29H34ClN3O4S. The summed E-state index contributed by atoms with van der Waals surface area (Å²) in [6.07, 6.45) is 0. The molecule has 0 bridgehead atoms. The Morgan fingerprint density at radius 3 is 2.13 bits per heavy atom. The van der Waals surface area contributed by atoms with Gasteiger partial charge in [0, 0.05) is 17.6 Å². The molecule has 0 saturated heterocycles. The molecule has 202 valence electrons. The van der Waals surface area contributed by atoms with E-state index >= 15 is 0 Å². The maximum absolute atomic E-state index is 13.9. The highest BCUT2D eigenvalue weighted by Gasteiger charge is 2.33. The van der Waals surface area contributed by atoms with Gasteiger partial charge in [0.25, 0.3) is 10.0 Å². The second-order valence-electron chi connectivity index (χ2n) is 9.53. The number of anilines is 1. The largest absolute Gasteiger partial charge is 0.352 e. The van der Waals surface area contributed by atoms with Crippen LogP contribution in [-0.2, 0) is 26.2 Å². The second kappa shape index (κ2) is 12.5. The summed E-state index contributed by atoms with van der Waals surface area (Å²) in [5.41, 5.74) is 2.81. The first-order valence-electron chi connectivity index (χ1n) is 12.4. The molecule has 2 amide bonds. The van der Waals surface area contributed by atoms with Crippen LogP contribution in [0.5, 0.6) is 0 Å². The average Bonchev–Trinajstić information content (AvgIpc) is 2.88. The predicted octanol–water partition coefficient (Wildman–Crippen LogP) is 5.09. The van der Waals surface area contributed by atoms with Gasteiger partial charge in [-0.25, -0.2) is 8.42 Å². The third kappa shape index (κ3) is 6.94. The van der Waals surface area contributed by atoms with Gasteiger partial charge in [-0.15, -0.1) is 0 Å². The third-order valence-electron chi connectivity index (χ3n) is 6.32. The summed E-state index contributed by atoms with van der Waals surface area (Å²) in [6, 6.07) is 19.4. The van der Waals surface area contributed by atoms with Crippen molar-refractivity contribution in [3.8, 4) is 0 Å². The first-order valence-corrected chi connectivity index (χ1v) is 14.2. The van der Waals surface area contributed by atoms with E-state index in [0.29, 0.717) is 10.7 Å². The summed E-state index contributed by atoms with van der Waals surface area (Å²) in [6.45, 7) is 8.66. The van der Waals surface area contributed by atoms with Crippen molar-refractivity contribution in [1.82, 2.24) is 10.2 Å². The van der Waals surface area contributed by atoms with Crippen LogP contribution >= 0.6 is 11.6 Å². The Labute approximate surface area is 230 Å². The monoisotopic (exact) mass is 555 g/mol. The number of halogens is 1. The maximum Gasteiger partial charge on any atom is 0.264 e. The molecule has 38 heavy (non-hydrogen) atoms. The number of benzene rings is 3. The summed E-state index contributed by atoms with van der Waals surface area (Å²) in [5.74, 6) is -0.835. The molecule has 0 aliphatic rings. The van der Waals surface area contributed by atoms with Gasteiger partial charge in [0.05, 0.1) is 10.6 Å². The fourth-order valence-electron chi connectivity index (χ4n) is 4.01. The summed E-state index contributed by atoms with van der Waals surface area (Å²) < 4.78 is 28.9. The number of amides is 2. The van der Waals surface area contributed by atoms with Gasteiger partial charge in [0.15, 0.2) is 0 Å². The highest BCUT2D eigenvalue weighted by molar-refractivity contribution is 7.92. The van der Waals surface area contributed by atoms with Crippen molar-refractivity contribution in [2.45, 2.75) is 58.1 Å². The normalized spacial score (nSPS) is 12.2. The van der Waals surface area contributed by atoms with Crippen LogP contribution in [0.3, 0.4) is 0 Å². The van der Waals surface area contributed by atoms with Gasteiger partial charge in [-0.1, -0.05) is 54.1 Å². The first kappa shape index (κ1) is 29.2. The zero-order valence-corrected chi connectivity index (χ0v) is 23.9. The number of sulfonamides is 1. The number of carbonyl (C=O) groups is 2. The summed E-state index contributed by atoms with van der Waals surface area (Å²) in [5, 5.41) is 3.39. The van der Waals surface area contributed by atoms with E-state index in [-0.39, 0.29) is 23.4 Å². The lowest BCUT2D eigenvalue weighted by Gasteiger charge is -2.33. The van der Waals surface area contributed by atoms with Crippen LogP contribution in [0.1, 0.15) is 37.5 Å². The van der Waals surface area contributed by atoms with Crippen molar-refractivity contribution in [2.24, 2.45) is 0 Å². The van der Waals surface area contributed by atoms with Gasteiger partial charge < -0.3 is 10.2 Å². The minimum Gasteiger partial charge on any atom is -0.352 e. The molecule has 3 aromatic carbocycles. The van der Waals surface area contributed by atoms with E-state index < -0.39 is 28.5 Å². The molecule has 3 aromatic rings. The number of carbonyl (C=O) groups excluding carboxylic acids is 2. The Balaban J connectivity index is 2.06. The molecule has 0 aromatic heterocycles. The predicted molar refractivity (Wildman–Crippen MR) is 152 cm³/mol. The van der Waals surface area contributed by atoms with Gasteiger partial charge in [-0.05, 0) is 81.6 Å². The number of nitrogens with zero attached hydrogens (tertiary/aromatic N) is 2. The fraction of sp³-hybridized carbons (Fsp3) is 0.310. The smallest absolute Gasteiger partial charge is 0.264 e. The first-order chi connectivity index (χ1) is 17.9. The minimum absolute atomic E-state index is 0.0727. The Hall–Kier alpha value is -3.36. The lowest BCUT2D eigenvalue weighted by atomic mass is 10.1. The van der Waals surface area contributed by atoms with Gasteiger partial charge in [-0.2, -0.15) is 0 Å². The molecule has 0 fully saturated rings. The Kier molecular flexibility index (Phi) is 9.57. The molecule has 0 aliphatic heterocycles. The van der Waals surface area contributed by atoms with Crippen molar-refractivity contribution >= 4 is 39.1 Å². The molecular weight excluding hydrogens is 522 g/mol. The van der Waals surface area contributed by atoms with Crippen LogP contribution in [0, 0.1) is 13.8 Å². The maximum atomic E-state index is 13.9. The standard InChI is InChI=1S/C29H34ClN3O4S/c1-20(2)31-29(35)23(5)32(18-24-14-16-25(30)17-15-24)28(34)19-33(27-13-9-10-21(3)22(27)4)38(36,37)26-11-7-6-8-12-26/h6-17,20,23H,18-19H2,1-5H3,(H,31,35). The molecule has 1 N–H and O–H groups in total. The Morgan fingerprint density at radius 1 is 0.895 bits per heavy atom. The Bertz CT molecular complexity index is 1380. The molecule has 9 heteroatoms. The number of nitrogens with one attached hydrogen (secondary N) is 1. The second-order valence-corrected chi connectivity index (χ2v) is 11.8. The van der Waals surface area contributed by atoms with Crippen molar-refractivity contribution in [3.63, 3.8) is 0 Å². The summed E-state index contributed by atoms with van der Waals surface area (Å²) in [4.78, 5) is 28.4. The summed E-state index contributed by atoms with van der Waals surface area (Å²) in [7, 11) is -4.10. The van der Waals surface area contributed by atoms with Gasteiger partial charge in [-0.3, -0.25) is 13.9 Å². The van der Waals surface area contributed by atoms with Crippen LogP contribution in [-0.4, -0.2) is 43.8 Å². The molecule has 7 nitrogen and oxygen atoms in total. The molecule has 0 saturated carbocycles.